The fourth-order valence-electron chi connectivity index (χ4n) is 1.03. The molecule has 0 radical (unpaired) electrons. The summed E-state index contributed by atoms with van der Waals surface area (Å²) >= 11 is 0. The number of hydrogen-bond donors (Lipinski definition) is 1. The van der Waals surface area contributed by atoms with E-state index in [9.17, 15) is 4.39 Å². The molecule has 0 bridgehead atoms. The predicted molar refractivity (Wildman–Crippen MR) is 44.9 cm³/mol. The zero-order valence-electron chi connectivity index (χ0n) is 6.82. The third kappa shape index (κ3) is 1.50. The molecular weight excluding hydrogens is 141 g/mol. The second-order valence-electron chi connectivity index (χ2n) is 2.65. The van der Waals surface area contributed by atoms with Gasteiger partial charge in [-0.15, -0.1) is 0 Å². The van der Waals surface area contributed by atoms with Crippen molar-refractivity contribution in [2.75, 3.05) is 5.73 Å². The van der Waals surface area contributed by atoms with E-state index in [0.717, 1.165) is 11.1 Å². The highest BCUT2D eigenvalue weighted by molar-refractivity contribution is 5.48. The topological polar surface area (TPSA) is 26.0 Å². The van der Waals surface area contributed by atoms with Crippen molar-refractivity contribution in [2.45, 2.75) is 20.3 Å². The molecule has 0 fully saturated rings. The summed E-state index contributed by atoms with van der Waals surface area (Å²) in [6.07, 6.45) is 0.715. The van der Waals surface area contributed by atoms with E-state index >= 15 is 0 Å². The first kappa shape index (κ1) is 8.05. The van der Waals surface area contributed by atoms with Crippen LogP contribution in [-0.2, 0) is 6.42 Å². The van der Waals surface area contributed by atoms with Gasteiger partial charge in [-0.2, -0.15) is 0 Å². The highest BCUT2D eigenvalue weighted by Gasteiger charge is 2.02. The van der Waals surface area contributed by atoms with Crippen LogP contribution in [-0.4, -0.2) is 0 Å². The van der Waals surface area contributed by atoms with Crippen molar-refractivity contribution in [3.8, 4) is 0 Å². The molecule has 0 amide bonds. The average molecular weight is 153 g/mol. The van der Waals surface area contributed by atoms with E-state index in [1.54, 1.807) is 6.07 Å². The Labute approximate surface area is 66.0 Å². The van der Waals surface area contributed by atoms with E-state index in [1.165, 1.54) is 6.07 Å². The van der Waals surface area contributed by atoms with Crippen LogP contribution in [0.5, 0.6) is 0 Å². The lowest BCUT2D eigenvalue weighted by Gasteiger charge is -2.03. The summed E-state index contributed by atoms with van der Waals surface area (Å²) in [5, 5.41) is 0. The van der Waals surface area contributed by atoms with Gasteiger partial charge in [0.2, 0.25) is 0 Å². The highest BCUT2D eigenvalue weighted by atomic mass is 19.1. The van der Waals surface area contributed by atoms with Gasteiger partial charge in [-0.3, -0.25) is 0 Å². The summed E-state index contributed by atoms with van der Waals surface area (Å²) in [7, 11) is 0. The molecule has 0 spiro atoms. The maximum Gasteiger partial charge on any atom is 0.128 e. The summed E-state index contributed by atoms with van der Waals surface area (Å²) in [5.41, 5.74) is 7.71. The molecule has 1 nitrogen and oxygen atoms in total. The molecule has 0 aliphatic heterocycles. The Bertz CT molecular complexity index is 269. The van der Waals surface area contributed by atoms with Gasteiger partial charge in [0.15, 0.2) is 0 Å². The zero-order chi connectivity index (χ0) is 8.43. The molecule has 1 rings (SSSR count). The Morgan fingerprint density at radius 3 is 2.64 bits per heavy atom. The van der Waals surface area contributed by atoms with Crippen molar-refractivity contribution in [1.82, 2.24) is 0 Å². The van der Waals surface area contributed by atoms with E-state index in [0.29, 0.717) is 12.1 Å². The Morgan fingerprint density at radius 2 is 2.09 bits per heavy atom. The summed E-state index contributed by atoms with van der Waals surface area (Å²) in [6.45, 7) is 3.81. The number of nitrogen functional groups attached to an aromatic ring is 1. The second kappa shape index (κ2) is 2.91. The standard InChI is InChI=1S/C9H12FN/c1-3-7-4-6(2)9(11)5-8(7)10/h4-5H,3,11H2,1-2H3. The first-order valence-electron chi connectivity index (χ1n) is 3.69. The monoisotopic (exact) mass is 153 g/mol. The van der Waals surface area contributed by atoms with Crippen molar-refractivity contribution >= 4 is 5.69 Å². The third-order valence-electron chi connectivity index (χ3n) is 1.82. The van der Waals surface area contributed by atoms with Crippen molar-refractivity contribution in [2.24, 2.45) is 0 Å². The Balaban J connectivity index is 3.21. The van der Waals surface area contributed by atoms with Gasteiger partial charge in [0.25, 0.3) is 0 Å². The van der Waals surface area contributed by atoms with E-state index in [4.69, 9.17) is 5.73 Å². The molecule has 0 atom stereocenters. The lowest BCUT2D eigenvalue weighted by Crippen LogP contribution is -1.95. The minimum Gasteiger partial charge on any atom is -0.398 e. The predicted octanol–water partition coefficient (Wildman–Crippen LogP) is 2.28. The van der Waals surface area contributed by atoms with Gasteiger partial charge in [0, 0.05) is 5.69 Å². The molecule has 0 aliphatic carbocycles. The van der Waals surface area contributed by atoms with Gasteiger partial charge in [0.05, 0.1) is 0 Å². The fourth-order valence-corrected chi connectivity index (χ4v) is 1.03. The Hall–Kier alpha value is -1.05. The normalized spacial score (nSPS) is 10.1. The van der Waals surface area contributed by atoms with Gasteiger partial charge in [-0.25, -0.2) is 4.39 Å². The maximum atomic E-state index is 13.0. The van der Waals surface area contributed by atoms with E-state index in [2.05, 4.69) is 0 Å². The van der Waals surface area contributed by atoms with E-state index in [-0.39, 0.29) is 5.82 Å². The molecule has 0 unspecified atom stereocenters. The number of anilines is 1. The number of benzene rings is 1. The van der Waals surface area contributed by atoms with E-state index in [1.807, 2.05) is 13.8 Å². The lowest BCUT2D eigenvalue weighted by atomic mass is 10.1. The fraction of sp³-hybridized carbons (Fsp3) is 0.333. The number of nitrogens with two attached hydrogens (primary N) is 1. The molecule has 2 N–H and O–H groups in total. The number of rotatable bonds is 1. The van der Waals surface area contributed by atoms with Gasteiger partial charge in [-0.05, 0) is 30.5 Å². The van der Waals surface area contributed by atoms with Gasteiger partial charge < -0.3 is 5.73 Å². The van der Waals surface area contributed by atoms with Crippen LogP contribution < -0.4 is 5.73 Å². The van der Waals surface area contributed by atoms with E-state index < -0.39 is 0 Å². The van der Waals surface area contributed by atoms with Crippen LogP contribution in [0.25, 0.3) is 0 Å². The van der Waals surface area contributed by atoms with Gasteiger partial charge >= 0.3 is 0 Å². The molecule has 2 heteroatoms. The Kier molecular flexibility index (Phi) is 2.13. The highest BCUT2D eigenvalue weighted by Crippen LogP contribution is 2.16. The lowest BCUT2D eigenvalue weighted by molar-refractivity contribution is 0.612. The van der Waals surface area contributed by atoms with Crippen molar-refractivity contribution in [3.05, 3.63) is 29.1 Å². The molecule has 1 aromatic carbocycles. The maximum absolute atomic E-state index is 13.0. The van der Waals surface area contributed by atoms with Crippen LogP contribution in [0.15, 0.2) is 12.1 Å². The molecular formula is C9H12FN. The van der Waals surface area contributed by atoms with Gasteiger partial charge in [-0.1, -0.05) is 13.0 Å². The van der Waals surface area contributed by atoms with Crippen LogP contribution in [0.2, 0.25) is 0 Å². The first-order valence-corrected chi connectivity index (χ1v) is 3.69. The van der Waals surface area contributed by atoms with Crippen LogP contribution in [0.1, 0.15) is 18.1 Å². The summed E-state index contributed by atoms with van der Waals surface area (Å²) in [5.74, 6) is -0.199. The minimum atomic E-state index is -0.199. The molecule has 60 valence electrons. The van der Waals surface area contributed by atoms with Gasteiger partial charge in [0.1, 0.15) is 5.82 Å². The second-order valence-corrected chi connectivity index (χ2v) is 2.65. The first-order chi connectivity index (χ1) is 5.15. The summed E-state index contributed by atoms with van der Waals surface area (Å²) in [6, 6.07) is 3.18. The minimum absolute atomic E-state index is 0.199. The SMILES string of the molecule is CCc1cc(C)c(N)cc1F. The van der Waals surface area contributed by atoms with Crippen LogP contribution in [0, 0.1) is 12.7 Å². The summed E-state index contributed by atoms with van der Waals surface area (Å²) < 4.78 is 13.0. The van der Waals surface area contributed by atoms with Crippen molar-refractivity contribution < 1.29 is 4.39 Å². The smallest absolute Gasteiger partial charge is 0.128 e. The molecule has 0 aliphatic rings. The number of halogens is 1. The number of aryl methyl sites for hydroxylation is 2. The van der Waals surface area contributed by atoms with Crippen molar-refractivity contribution in [1.29, 1.82) is 0 Å². The quantitative estimate of drug-likeness (QED) is 0.615. The van der Waals surface area contributed by atoms with Crippen molar-refractivity contribution in [3.63, 3.8) is 0 Å². The molecule has 11 heavy (non-hydrogen) atoms. The van der Waals surface area contributed by atoms with Crippen LogP contribution in [0.4, 0.5) is 10.1 Å². The molecule has 0 heterocycles. The number of hydrogen-bond acceptors (Lipinski definition) is 1. The molecule has 0 saturated carbocycles. The average Bonchev–Trinajstić information content (AvgIpc) is 1.97. The summed E-state index contributed by atoms with van der Waals surface area (Å²) in [4.78, 5) is 0. The van der Waals surface area contributed by atoms with Crippen LogP contribution >= 0.6 is 0 Å². The zero-order valence-corrected chi connectivity index (χ0v) is 6.82. The Morgan fingerprint density at radius 1 is 1.45 bits per heavy atom. The van der Waals surface area contributed by atoms with Crippen LogP contribution in [0.3, 0.4) is 0 Å². The molecule has 0 saturated heterocycles. The molecule has 0 aromatic heterocycles. The third-order valence-corrected chi connectivity index (χ3v) is 1.82. The molecule has 1 aromatic rings. The largest absolute Gasteiger partial charge is 0.398 e.